The number of carbonyl (C=O) groups is 3. The van der Waals surface area contributed by atoms with Gasteiger partial charge in [-0.3, -0.25) is 14.4 Å². The quantitative estimate of drug-likeness (QED) is 0.115. The molecule has 41 heavy (non-hydrogen) atoms. The number of halogens is 1. The van der Waals surface area contributed by atoms with Crippen LogP contribution in [0.2, 0.25) is 5.02 Å². The molecule has 0 fully saturated rings. The molecule has 0 saturated heterocycles. The molecule has 0 saturated carbocycles. The van der Waals surface area contributed by atoms with E-state index in [4.69, 9.17) is 21.1 Å². The van der Waals surface area contributed by atoms with Crippen LogP contribution in [0.3, 0.4) is 0 Å². The Morgan fingerprint density at radius 3 is 2.20 bits per heavy atom. The molecular weight excluding hydrogens is 560 g/mol. The third-order valence-electron chi connectivity index (χ3n) is 5.92. The van der Waals surface area contributed by atoms with Crippen molar-refractivity contribution in [1.29, 1.82) is 0 Å². The zero-order chi connectivity index (χ0) is 29.2. The smallest absolute Gasteiger partial charge is 0.272 e. The molecule has 4 aromatic rings. The molecule has 0 atom stereocenters. The fourth-order valence-electron chi connectivity index (χ4n) is 3.74. The summed E-state index contributed by atoms with van der Waals surface area (Å²) in [4.78, 5) is 39.6. The van der Waals surface area contributed by atoms with Gasteiger partial charge in [0, 0.05) is 38.4 Å². The van der Waals surface area contributed by atoms with Crippen LogP contribution in [0.5, 0.6) is 11.5 Å². The first-order valence-corrected chi connectivity index (χ1v) is 13.9. The molecule has 4 rings (SSSR count). The van der Waals surface area contributed by atoms with Gasteiger partial charge in [0.15, 0.2) is 5.78 Å². The van der Waals surface area contributed by atoms with Crippen LogP contribution >= 0.6 is 23.4 Å². The van der Waals surface area contributed by atoms with Gasteiger partial charge in [0.05, 0.1) is 20.0 Å². The standard InChI is InChI=1S/C32H27ClN2O5S/c1-39-26-15-10-23(30(19-26)40-2)18-28(35-31(37)22-6-4-3-5-7-22)32(38)34-25-13-16-27(17-14-25)41-20-29(36)21-8-11-24(33)12-9-21/h3-19H,20H2,1-2H3,(H,34,38)(H,35,37)/b28-18-. The van der Waals surface area contributed by atoms with Crippen LogP contribution in [-0.4, -0.2) is 37.6 Å². The van der Waals surface area contributed by atoms with Crippen LogP contribution in [-0.2, 0) is 4.79 Å². The Labute approximate surface area is 247 Å². The number of carbonyl (C=O) groups excluding carboxylic acids is 3. The maximum absolute atomic E-state index is 13.4. The number of thioether (sulfide) groups is 1. The Kier molecular flexibility index (Phi) is 10.2. The molecule has 2 N–H and O–H groups in total. The number of Topliss-reactive ketones (excluding diaryl/α,β-unsaturated/α-hetero) is 1. The molecule has 2 amide bonds. The Morgan fingerprint density at radius 1 is 0.829 bits per heavy atom. The number of ketones is 1. The number of hydrogen-bond donors (Lipinski definition) is 2. The first kappa shape index (κ1) is 29.5. The summed E-state index contributed by atoms with van der Waals surface area (Å²) in [6.07, 6.45) is 1.54. The number of anilines is 1. The molecule has 0 aromatic heterocycles. The van der Waals surface area contributed by atoms with Crippen LogP contribution in [0, 0.1) is 0 Å². The van der Waals surface area contributed by atoms with E-state index in [9.17, 15) is 14.4 Å². The minimum Gasteiger partial charge on any atom is -0.497 e. The van der Waals surface area contributed by atoms with Gasteiger partial charge in [0.2, 0.25) is 0 Å². The average molecular weight is 587 g/mol. The molecule has 0 aliphatic rings. The third-order valence-corrected chi connectivity index (χ3v) is 7.18. The highest BCUT2D eigenvalue weighted by Gasteiger charge is 2.17. The fraction of sp³-hybridized carbons (Fsp3) is 0.0938. The van der Waals surface area contributed by atoms with Gasteiger partial charge in [-0.2, -0.15) is 0 Å². The highest BCUT2D eigenvalue weighted by Crippen LogP contribution is 2.27. The minimum absolute atomic E-state index is 0.0121. The highest BCUT2D eigenvalue weighted by molar-refractivity contribution is 8.00. The third kappa shape index (κ3) is 8.23. The van der Waals surface area contributed by atoms with Gasteiger partial charge in [-0.05, 0) is 78.9 Å². The number of hydrogen-bond acceptors (Lipinski definition) is 6. The molecule has 0 bridgehead atoms. The predicted octanol–water partition coefficient (Wildman–Crippen LogP) is 6.74. The van der Waals surface area contributed by atoms with Gasteiger partial charge < -0.3 is 20.1 Å². The number of benzene rings is 4. The van der Waals surface area contributed by atoms with Gasteiger partial charge in [-0.15, -0.1) is 11.8 Å². The van der Waals surface area contributed by atoms with E-state index in [0.29, 0.717) is 38.9 Å². The summed E-state index contributed by atoms with van der Waals surface area (Å²) in [5, 5.41) is 6.12. The molecule has 0 spiro atoms. The van der Waals surface area contributed by atoms with E-state index >= 15 is 0 Å². The normalized spacial score (nSPS) is 11.0. The second-order valence-corrected chi connectivity index (χ2v) is 10.2. The second-order valence-electron chi connectivity index (χ2n) is 8.68. The molecule has 0 aliphatic heterocycles. The summed E-state index contributed by atoms with van der Waals surface area (Å²) >= 11 is 7.29. The van der Waals surface area contributed by atoms with Crippen LogP contribution in [0.4, 0.5) is 5.69 Å². The van der Waals surface area contributed by atoms with Crippen LogP contribution in [0.25, 0.3) is 6.08 Å². The lowest BCUT2D eigenvalue weighted by Crippen LogP contribution is -2.30. The summed E-state index contributed by atoms with van der Waals surface area (Å²) in [5.41, 5.74) is 2.11. The molecule has 9 heteroatoms. The highest BCUT2D eigenvalue weighted by atomic mass is 35.5. The van der Waals surface area contributed by atoms with Gasteiger partial charge >= 0.3 is 0 Å². The van der Waals surface area contributed by atoms with Crippen molar-refractivity contribution in [2.75, 3.05) is 25.3 Å². The van der Waals surface area contributed by atoms with Crippen molar-refractivity contribution in [2.45, 2.75) is 4.90 Å². The Morgan fingerprint density at radius 2 is 1.54 bits per heavy atom. The molecule has 0 heterocycles. The Bertz CT molecular complexity index is 1560. The van der Waals surface area contributed by atoms with E-state index in [1.165, 1.54) is 18.9 Å². The lowest BCUT2D eigenvalue weighted by Gasteiger charge is -2.13. The Hall–Kier alpha value is -4.53. The summed E-state index contributed by atoms with van der Waals surface area (Å²) in [5.74, 6) is 0.350. The average Bonchev–Trinajstić information content (AvgIpc) is 3.01. The minimum atomic E-state index is -0.523. The summed E-state index contributed by atoms with van der Waals surface area (Å²) in [6, 6.07) is 27.6. The molecule has 0 radical (unpaired) electrons. The lowest BCUT2D eigenvalue weighted by molar-refractivity contribution is -0.113. The SMILES string of the molecule is COc1ccc(/C=C(\NC(=O)c2ccccc2)C(=O)Nc2ccc(SCC(=O)c3ccc(Cl)cc3)cc2)c(OC)c1. The summed E-state index contributed by atoms with van der Waals surface area (Å²) in [6.45, 7) is 0. The van der Waals surface area contributed by atoms with Crippen molar-refractivity contribution < 1.29 is 23.9 Å². The molecule has 208 valence electrons. The summed E-state index contributed by atoms with van der Waals surface area (Å²) < 4.78 is 10.7. The topological polar surface area (TPSA) is 93.7 Å². The molecule has 4 aromatic carbocycles. The van der Waals surface area contributed by atoms with Crippen LogP contribution in [0.15, 0.2) is 108 Å². The van der Waals surface area contributed by atoms with E-state index in [2.05, 4.69) is 10.6 Å². The van der Waals surface area contributed by atoms with E-state index in [-0.39, 0.29) is 17.2 Å². The Balaban J connectivity index is 1.49. The van der Waals surface area contributed by atoms with Gasteiger partial charge in [0.25, 0.3) is 11.8 Å². The number of methoxy groups -OCH3 is 2. The lowest BCUT2D eigenvalue weighted by atomic mass is 10.1. The molecule has 0 unspecified atom stereocenters. The first-order valence-electron chi connectivity index (χ1n) is 12.5. The molecule has 0 aliphatic carbocycles. The first-order chi connectivity index (χ1) is 19.9. The number of nitrogens with one attached hydrogen (secondary N) is 2. The van der Waals surface area contributed by atoms with Crippen LogP contribution in [0.1, 0.15) is 26.3 Å². The van der Waals surface area contributed by atoms with E-state index in [1.807, 2.05) is 12.1 Å². The zero-order valence-corrected chi connectivity index (χ0v) is 23.9. The van der Waals surface area contributed by atoms with Crippen molar-refractivity contribution in [1.82, 2.24) is 5.32 Å². The van der Waals surface area contributed by atoms with E-state index in [1.54, 1.807) is 98.1 Å². The van der Waals surface area contributed by atoms with Crippen molar-refractivity contribution >= 4 is 52.7 Å². The van der Waals surface area contributed by atoms with Crippen molar-refractivity contribution in [3.05, 3.63) is 124 Å². The van der Waals surface area contributed by atoms with Crippen molar-refractivity contribution in [2.24, 2.45) is 0 Å². The predicted molar refractivity (Wildman–Crippen MR) is 163 cm³/mol. The maximum Gasteiger partial charge on any atom is 0.272 e. The molecular formula is C32H27ClN2O5S. The maximum atomic E-state index is 13.4. The van der Waals surface area contributed by atoms with Crippen molar-refractivity contribution in [3.63, 3.8) is 0 Å². The number of ether oxygens (including phenoxy) is 2. The monoisotopic (exact) mass is 586 g/mol. The second kappa shape index (κ2) is 14.2. The fourth-order valence-corrected chi connectivity index (χ4v) is 4.66. The van der Waals surface area contributed by atoms with Crippen LogP contribution < -0.4 is 20.1 Å². The van der Waals surface area contributed by atoms with Gasteiger partial charge in [-0.25, -0.2) is 0 Å². The van der Waals surface area contributed by atoms with Gasteiger partial charge in [-0.1, -0.05) is 29.8 Å². The number of amides is 2. The van der Waals surface area contributed by atoms with Gasteiger partial charge in [0.1, 0.15) is 17.2 Å². The number of rotatable bonds is 11. The largest absolute Gasteiger partial charge is 0.497 e. The van der Waals surface area contributed by atoms with E-state index in [0.717, 1.165) is 4.90 Å². The summed E-state index contributed by atoms with van der Waals surface area (Å²) in [7, 11) is 3.06. The zero-order valence-electron chi connectivity index (χ0n) is 22.3. The molecule has 7 nitrogen and oxygen atoms in total. The van der Waals surface area contributed by atoms with Crippen molar-refractivity contribution in [3.8, 4) is 11.5 Å². The van der Waals surface area contributed by atoms with E-state index < -0.39 is 11.8 Å².